The number of methoxy groups -OCH3 is 1. The molecule has 0 unspecified atom stereocenters. The Morgan fingerprint density at radius 1 is 1.29 bits per heavy atom. The van der Waals surface area contributed by atoms with E-state index in [0.717, 1.165) is 23.4 Å². The quantitative estimate of drug-likeness (QED) is 0.937. The van der Waals surface area contributed by atoms with Gasteiger partial charge in [0.15, 0.2) is 0 Å². The molecule has 1 aliphatic rings. The molecule has 1 aromatic carbocycles. The van der Waals surface area contributed by atoms with E-state index in [1.54, 1.807) is 11.8 Å². The minimum Gasteiger partial charge on any atom is -0.496 e. The topological polar surface area (TPSA) is 56.3 Å². The summed E-state index contributed by atoms with van der Waals surface area (Å²) in [5, 5.41) is 4.22. The molecule has 0 amide bonds. The van der Waals surface area contributed by atoms with Crippen molar-refractivity contribution in [3.63, 3.8) is 0 Å². The van der Waals surface area contributed by atoms with Crippen LogP contribution in [-0.4, -0.2) is 34.9 Å². The Kier molecular flexibility index (Phi) is 3.84. The van der Waals surface area contributed by atoms with Crippen molar-refractivity contribution in [2.75, 3.05) is 25.9 Å². The lowest BCUT2D eigenvalue weighted by atomic mass is 10.0. The van der Waals surface area contributed by atoms with Gasteiger partial charge in [0.1, 0.15) is 11.6 Å². The highest BCUT2D eigenvalue weighted by Gasteiger charge is 2.16. The van der Waals surface area contributed by atoms with Crippen LogP contribution in [0.15, 0.2) is 24.4 Å². The minimum atomic E-state index is 0.687. The molecule has 0 aliphatic carbocycles. The van der Waals surface area contributed by atoms with Crippen molar-refractivity contribution in [2.24, 2.45) is 7.05 Å². The molecular weight excluding hydrogens is 264 g/mol. The maximum atomic E-state index is 6.08. The first-order chi connectivity index (χ1) is 10.2. The van der Waals surface area contributed by atoms with Crippen molar-refractivity contribution in [2.45, 2.75) is 19.4 Å². The van der Waals surface area contributed by atoms with Gasteiger partial charge in [-0.2, -0.15) is 5.10 Å². The number of benzene rings is 1. The third-order valence-corrected chi connectivity index (χ3v) is 4.17. The van der Waals surface area contributed by atoms with E-state index < -0.39 is 0 Å². The van der Waals surface area contributed by atoms with Crippen LogP contribution in [0, 0.1) is 0 Å². The summed E-state index contributed by atoms with van der Waals surface area (Å²) >= 11 is 0. The first kappa shape index (κ1) is 13.9. The number of aromatic nitrogens is 2. The number of rotatable bonds is 4. The van der Waals surface area contributed by atoms with E-state index in [2.05, 4.69) is 16.1 Å². The van der Waals surface area contributed by atoms with Crippen molar-refractivity contribution >= 4 is 5.82 Å². The van der Waals surface area contributed by atoms with Gasteiger partial charge in [-0.3, -0.25) is 9.58 Å². The fourth-order valence-corrected chi connectivity index (χ4v) is 2.92. The molecule has 3 rings (SSSR count). The zero-order valence-electron chi connectivity index (χ0n) is 12.7. The first-order valence-electron chi connectivity index (χ1n) is 7.36. The normalized spacial score (nSPS) is 15.5. The van der Waals surface area contributed by atoms with Gasteiger partial charge in [0, 0.05) is 24.7 Å². The zero-order chi connectivity index (χ0) is 14.8. The molecule has 1 aromatic heterocycles. The predicted octanol–water partition coefficient (Wildman–Crippen LogP) is 2.27. The first-order valence-corrected chi connectivity index (χ1v) is 7.36. The van der Waals surface area contributed by atoms with E-state index >= 15 is 0 Å². The fourth-order valence-electron chi connectivity index (χ4n) is 2.92. The number of anilines is 1. The van der Waals surface area contributed by atoms with Gasteiger partial charge in [0.05, 0.1) is 13.3 Å². The number of nitrogens with zero attached hydrogens (tertiary/aromatic N) is 3. The number of nitrogen functional groups attached to an aromatic ring is 1. The number of hydrogen-bond donors (Lipinski definition) is 1. The third kappa shape index (κ3) is 2.74. The van der Waals surface area contributed by atoms with Crippen LogP contribution in [-0.2, 0) is 13.6 Å². The smallest absolute Gasteiger partial charge is 0.129 e. The van der Waals surface area contributed by atoms with Gasteiger partial charge in [-0.1, -0.05) is 6.07 Å². The number of nitrogens with two attached hydrogens (primary N) is 1. The van der Waals surface area contributed by atoms with E-state index in [0.29, 0.717) is 5.82 Å². The molecule has 1 fully saturated rings. The Morgan fingerprint density at radius 2 is 2.05 bits per heavy atom. The lowest BCUT2D eigenvalue weighted by Crippen LogP contribution is -2.18. The highest BCUT2D eigenvalue weighted by Crippen LogP contribution is 2.31. The van der Waals surface area contributed by atoms with Crippen LogP contribution >= 0.6 is 0 Å². The zero-order valence-corrected chi connectivity index (χ0v) is 12.7. The molecule has 5 heteroatoms. The largest absolute Gasteiger partial charge is 0.496 e. The summed E-state index contributed by atoms with van der Waals surface area (Å²) in [5.74, 6) is 1.63. The van der Waals surface area contributed by atoms with E-state index in [-0.39, 0.29) is 0 Å². The Balaban J connectivity index is 1.94. The van der Waals surface area contributed by atoms with Gasteiger partial charge in [0.25, 0.3) is 0 Å². The second kappa shape index (κ2) is 5.77. The second-order valence-electron chi connectivity index (χ2n) is 5.58. The van der Waals surface area contributed by atoms with Crippen LogP contribution in [0.2, 0.25) is 0 Å². The van der Waals surface area contributed by atoms with E-state index in [4.69, 9.17) is 10.5 Å². The maximum Gasteiger partial charge on any atom is 0.129 e. The molecule has 2 aromatic rings. The molecule has 1 saturated heterocycles. The van der Waals surface area contributed by atoms with Gasteiger partial charge in [-0.05, 0) is 43.6 Å². The van der Waals surface area contributed by atoms with E-state index in [1.165, 1.54) is 31.5 Å². The minimum absolute atomic E-state index is 0.687. The molecule has 0 atom stereocenters. The third-order valence-electron chi connectivity index (χ3n) is 4.17. The van der Waals surface area contributed by atoms with Crippen LogP contribution in [0.5, 0.6) is 5.75 Å². The molecule has 2 N–H and O–H groups in total. The number of ether oxygens (including phenoxy) is 1. The molecule has 0 saturated carbocycles. The van der Waals surface area contributed by atoms with Crippen LogP contribution < -0.4 is 10.5 Å². The van der Waals surface area contributed by atoms with Crippen LogP contribution in [0.25, 0.3) is 11.1 Å². The van der Waals surface area contributed by atoms with Crippen molar-refractivity contribution in [1.82, 2.24) is 14.7 Å². The van der Waals surface area contributed by atoms with E-state index in [1.807, 2.05) is 25.4 Å². The summed E-state index contributed by atoms with van der Waals surface area (Å²) in [6, 6.07) is 6.23. The van der Waals surface area contributed by atoms with Crippen molar-refractivity contribution in [1.29, 1.82) is 0 Å². The van der Waals surface area contributed by atoms with Crippen molar-refractivity contribution < 1.29 is 4.74 Å². The van der Waals surface area contributed by atoms with Crippen molar-refractivity contribution in [3.8, 4) is 16.9 Å². The molecule has 2 heterocycles. The molecule has 5 nitrogen and oxygen atoms in total. The van der Waals surface area contributed by atoms with Gasteiger partial charge in [-0.25, -0.2) is 0 Å². The molecule has 112 valence electrons. The van der Waals surface area contributed by atoms with Gasteiger partial charge < -0.3 is 10.5 Å². The average molecular weight is 286 g/mol. The number of aryl methyl sites for hydroxylation is 1. The standard InChI is InChI=1S/C16H22N4O/c1-19-16(17)14(10-18-19)12-5-6-15(21-2)13(9-12)11-20-7-3-4-8-20/h5-6,9-10H,3-4,7-8,11,17H2,1-2H3. The summed E-state index contributed by atoms with van der Waals surface area (Å²) < 4.78 is 7.20. The Bertz CT molecular complexity index is 629. The average Bonchev–Trinajstić information content (AvgIpc) is 3.11. The summed E-state index contributed by atoms with van der Waals surface area (Å²) in [4.78, 5) is 2.47. The summed E-state index contributed by atoms with van der Waals surface area (Å²) in [7, 11) is 3.58. The molecule has 1 aliphatic heterocycles. The summed E-state index contributed by atoms with van der Waals surface area (Å²) in [6.07, 6.45) is 4.39. The Hall–Kier alpha value is -2.01. The number of hydrogen-bond acceptors (Lipinski definition) is 4. The molecule has 21 heavy (non-hydrogen) atoms. The summed E-state index contributed by atoms with van der Waals surface area (Å²) in [5.41, 5.74) is 9.35. The summed E-state index contributed by atoms with van der Waals surface area (Å²) in [6.45, 7) is 3.27. The molecule has 0 bridgehead atoms. The number of likely N-dealkylation sites (tertiary alicyclic amines) is 1. The van der Waals surface area contributed by atoms with Crippen LogP contribution in [0.1, 0.15) is 18.4 Å². The highest BCUT2D eigenvalue weighted by atomic mass is 16.5. The second-order valence-corrected chi connectivity index (χ2v) is 5.58. The SMILES string of the molecule is COc1ccc(-c2cnn(C)c2N)cc1CN1CCCC1. The van der Waals surface area contributed by atoms with Gasteiger partial charge >= 0.3 is 0 Å². The molecule has 0 spiro atoms. The van der Waals surface area contributed by atoms with Crippen LogP contribution in [0.3, 0.4) is 0 Å². The lowest BCUT2D eigenvalue weighted by molar-refractivity contribution is 0.321. The maximum absolute atomic E-state index is 6.08. The van der Waals surface area contributed by atoms with E-state index in [9.17, 15) is 0 Å². The van der Waals surface area contributed by atoms with Gasteiger partial charge in [0.2, 0.25) is 0 Å². The molecule has 0 radical (unpaired) electrons. The highest BCUT2D eigenvalue weighted by molar-refractivity contribution is 5.74. The van der Waals surface area contributed by atoms with Crippen LogP contribution in [0.4, 0.5) is 5.82 Å². The van der Waals surface area contributed by atoms with Crippen molar-refractivity contribution in [3.05, 3.63) is 30.0 Å². The Labute approximate surface area is 125 Å². The monoisotopic (exact) mass is 286 g/mol. The predicted molar refractivity (Wildman–Crippen MR) is 84.1 cm³/mol. The lowest BCUT2D eigenvalue weighted by Gasteiger charge is -2.17. The van der Waals surface area contributed by atoms with Gasteiger partial charge in [-0.15, -0.1) is 0 Å². The Morgan fingerprint density at radius 3 is 2.67 bits per heavy atom. The molecular formula is C16H22N4O. The fraction of sp³-hybridized carbons (Fsp3) is 0.438.